The molecule has 10 rings (SSSR count). The summed E-state index contributed by atoms with van der Waals surface area (Å²) in [4.78, 5) is 16.0. The molecule has 1 spiro atoms. The summed E-state index contributed by atoms with van der Waals surface area (Å²) >= 11 is 0. The minimum atomic E-state index is -0.920. The van der Waals surface area contributed by atoms with Crippen molar-refractivity contribution in [2.45, 2.75) is 151 Å². The largest absolute Gasteiger partial charge is 0.513 e. The van der Waals surface area contributed by atoms with E-state index in [0.29, 0.717) is 30.1 Å². The Balaban J connectivity index is 0.859. The van der Waals surface area contributed by atoms with Gasteiger partial charge in [0.1, 0.15) is 55.1 Å². The number of likely N-dealkylation sites (N-methyl/N-ethyl adjacent to an activating group) is 1. The van der Waals surface area contributed by atoms with E-state index in [0.717, 1.165) is 31.6 Å². The van der Waals surface area contributed by atoms with Crippen LogP contribution in [0.3, 0.4) is 0 Å². The number of carbonyl (C=O) groups excluding carboxylic acids is 1. The van der Waals surface area contributed by atoms with Crippen LogP contribution in [0.5, 0.6) is 11.5 Å². The lowest BCUT2D eigenvalue weighted by Crippen LogP contribution is -2.63. The van der Waals surface area contributed by atoms with Gasteiger partial charge < -0.3 is 66.5 Å². The summed E-state index contributed by atoms with van der Waals surface area (Å²) in [6.07, 6.45) is -2.55. The van der Waals surface area contributed by atoms with Gasteiger partial charge in [-0.3, -0.25) is 0 Å². The molecule has 296 valence electrons. The lowest BCUT2D eigenvalue weighted by atomic mass is 9.53. The molecule has 5 unspecified atom stereocenters. The van der Waals surface area contributed by atoms with E-state index >= 15 is 0 Å². The highest BCUT2D eigenvalue weighted by molar-refractivity contribution is 5.65. The molecule has 15 heteroatoms. The summed E-state index contributed by atoms with van der Waals surface area (Å²) < 4.78 is 80.8. The minimum absolute atomic E-state index is 0.192. The second kappa shape index (κ2) is 12.2. The van der Waals surface area contributed by atoms with E-state index in [1.807, 2.05) is 53.7 Å². The highest BCUT2D eigenvalue weighted by Gasteiger charge is 2.66. The van der Waals surface area contributed by atoms with Crippen molar-refractivity contribution in [2.24, 2.45) is 5.92 Å². The first kappa shape index (κ1) is 35.8. The maximum atomic E-state index is 13.6. The monoisotopic (exact) mass is 757 g/mol. The Kier molecular flexibility index (Phi) is 8.10. The van der Waals surface area contributed by atoms with Gasteiger partial charge >= 0.3 is 6.16 Å². The third-order valence-electron chi connectivity index (χ3n) is 12.8. The Morgan fingerprint density at radius 2 is 1.70 bits per heavy atom. The zero-order valence-electron chi connectivity index (χ0n) is 32.1. The molecular weight excluding hydrogens is 706 g/mol. The fourth-order valence-electron chi connectivity index (χ4n) is 10.7. The van der Waals surface area contributed by atoms with Crippen LogP contribution in [0.1, 0.15) is 65.5 Å². The number of rotatable bonds is 7. The minimum Gasteiger partial charge on any atom is -0.493 e. The van der Waals surface area contributed by atoms with E-state index in [2.05, 4.69) is 18.0 Å². The van der Waals surface area contributed by atoms with Crippen molar-refractivity contribution >= 4 is 6.16 Å². The Labute approximate surface area is 314 Å². The molecule has 0 N–H and O–H groups in total. The van der Waals surface area contributed by atoms with E-state index in [4.69, 9.17) is 61.6 Å². The summed E-state index contributed by atoms with van der Waals surface area (Å²) in [5.74, 6) is -0.344. The molecule has 2 bridgehead atoms. The number of methoxy groups -OCH3 is 1. The van der Waals surface area contributed by atoms with Crippen LogP contribution in [0.15, 0.2) is 24.0 Å². The standard InChI is InChI=1S/C39H51NO14/c1-36(2)44-17-24(50-36)28-29-31(53-37(3,4)51-29)33(49-28)48-27-23(45-34-30(27)52-38(5,6)54-34)16-43-35(41)46-22-12-10-19-20-15-18-9-11-21(42-8)26-25(18)39(19,32(22)47-26)13-14-40(20)7/h9,11-12,19-20,23-24,27-34H,10,13-17H2,1-8H3/t19?,20-,23-,24?,27+,28-,29+,30-,31+,32?,33?,34?,39+/m1/s1. The average molecular weight is 758 g/mol. The lowest BCUT2D eigenvalue weighted by Gasteiger charge is -2.56. The van der Waals surface area contributed by atoms with Gasteiger partial charge in [-0.25, -0.2) is 4.79 Å². The SMILES string of the molecule is COc1ccc2c3c1OC1C(OC(=O)OC[C@H]4OC5OC(C)(C)O[C@@H]5[C@H]4OC4O[C@H](C5COC(C)(C)O5)[C@@H]5OC(C)(C)O[C@H]45)=CCC4[C@@H](C2)N(C)CC[C@]314. The van der Waals surface area contributed by atoms with Crippen LogP contribution in [0, 0.1) is 5.92 Å². The number of piperidine rings is 1. The van der Waals surface area contributed by atoms with Crippen molar-refractivity contribution in [2.75, 3.05) is 33.9 Å². The predicted molar refractivity (Wildman–Crippen MR) is 183 cm³/mol. The quantitative estimate of drug-likeness (QED) is 0.374. The fourth-order valence-corrected chi connectivity index (χ4v) is 10.7. The van der Waals surface area contributed by atoms with E-state index in [9.17, 15) is 4.79 Å². The summed E-state index contributed by atoms with van der Waals surface area (Å²) in [6.45, 7) is 12.1. The molecular formula is C39H51NO14. The second-order valence-corrected chi connectivity index (χ2v) is 17.4. The third-order valence-corrected chi connectivity index (χ3v) is 12.8. The Hall–Kier alpha value is -2.57. The first-order chi connectivity index (χ1) is 25.7. The van der Waals surface area contributed by atoms with Crippen molar-refractivity contribution in [1.82, 2.24) is 4.90 Å². The molecule has 1 aromatic rings. The maximum absolute atomic E-state index is 13.6. The van der Waals surface area contributed by atoms with Gasteiger partial charge in [-0.15, -0.1) is 0 Å². The van der Waals surface area contributed by atoms with Gasteiger partial charge in [0.2, 0.25) is 0 Å². The van der Waals surface area contributed by atoms with Crippen LogP contribution < -0.4 is 9.47 Å². The van der Waals surface area contributed by atoms with Crippen molar-refractivity contribution in [1.29, 1.82) is 0 Å². The summed E-state index contributed by atoms with van der Waals surface area (Å²) in [5, 5.41) is 0. The number of allylic oxidation sites excluding steroid dienone is 1. The zero-order chi connectivity index (χ0) is 37.5. The fraction of sp³-hybridized carbons (Fsp3) is 0.769. The molecule has 15 nitrogen and oxygen atoms in total. The van der Waals surface area contributed by atoms with Crippen LogP contribution >= 0.6 is 0 Å². The molecule has 0 radical (unpaired) electrons. The average Bonchev–Trinajstić information content (AvgIpc) is 3.93. The van der Waals surface area contributed by atoms with E-state index in [-0.39, 0.29) is 12.0 Å². The van der Waals surface area contributed by atoms with Gasteiger partial charge in [0, 0.05) is 17.0 Å². The molecule has 13 atom stereocenters. The third kappa shape index (κ3) is 5.48. The van der Waals surface area contributed by atoms with Gasteiger partial charge in [0.15, 0.2) is 47.5 Å². The second-order valence-electron chi connectivity index (χ2n) is 17.4. The smallest absolute Gasteiger partial charge is 0.493 e. The number of hydrogen-bond acceptors (Lipinski definition) is 15. The van der Waals surface area contributed by atoms with Crippen LogP contribution in [-0.4, -0.2) is 130 Å². The Bertz CT molecular complexity index is 1730. The summed E-state index contributed by atoms with van der Waals surface area (Å²) in [5.41, 5.74) is 2.14. The molecule has 7 heterocycles. The van der Waals surface area contributed by atoms with Crippen LogP contribution in [0.25, 0.3) is 0 Å². The molecule has 2 aliphatic carbocycles. The molecule has 0 amide bonds. The molecule has 6 saturated heterocycles. The predicted octanol–water partition coefficient (Wildman–Crippen LogP) is 3.67. The van der Waals surface area contributed by atoms with Gasteiger partial charge in [0.25, 0.3) is 0 Å². The number of fused-ring (bicyclic) bond motifs is 2. The normalized spacial score (nSPS) is 44.3. The number of nitrogens with zero attached hydrogens (tertiary/aromatic N) is 1. The van der Waals surface area contributed by atoms with E-state index in [1.165, 1.54) is 11.1 Å². The molecule has 7 aliphatic heterocycles. The molecule has 1 aromatic carbocycles. The molecule has 54 heavy (non-hydrogen) atoms. The number of benzene rings is 1. The van der Waals surface area contributed by atoms with Crippen molar-refractivity contribution in [3.05, 3.63) is 35.1 Å². The zero-order valence-corrected chi connectivity index (χ0v) is 32.1. The van der Waals surface area contributed by atoms with E-state index in [1.54, 1.807) is 7.11 Å². The highest BCUT2D eigenvalue weighted by atomic mass is 16.9. The summed E-state index contributed by atoms with van der Waals surface area (Å²) in [6, 6.07) is 4.49. The van der Waals surface area contributed by atoms with Gasteiger partial charge in [-0.2, -0.15) is 0 Å². The number of ether oxygens (including phenoxy) is 13. The molecule has 0 aromatic heterocycles. The lowest BCUT2D eigenvalue weighted by molar-refractivity contribution is -0.276. The number of hydrogen-bond donors (Lipinski definition) is 0. The van der Waals surface area contributed by atoms with Gasteiger partial charge in [0.05, 0.1) is 13.7 Å². The topological polar surface area (TPSA) is 140 Å². The Morgan fingerprint density at radius 1 is 0.926 bits per heavy atom. The Morgan fingerprint density at radius 3 is 2.48 bits per heavy atom. The number of likely N-dealkylation sites (tertiary alicyclic amines) is 1. The molecule has 9 aliphatic rings. The summed E-state index contributed by atoms with van der Waals surface area (Å²) in [7, 11) is 3.85. The molecule has 0 saturated carbocycles. The van der Waals surface area contributed by atoms with Gasteiger partial charge in [-0.1, -0.05) is 6.07 Å². The molecule has 6 fully saturated rings. The maximum Gasteiger partial charge on any atom is 0.513 e. The van der Waals surface area contributed by atoms with Crippen LogP contribution in [0.4, 0.5) is 4.79 Å². The van der Waals surface area contributed by atoms with Crippen molar-refractivity contribution < 1.29 is 66.4 Å². The van der Waals surface area contributed by atoms with Gasteiger partial charge in [-0.05, 0) is 98.0 Å². The first-order valence-corrected chi connectivity index (χ1v) is 19.3. The van der Waals surface area contributed by atoms with Crippen molar-refractivity contribution in [3.63, 3.8) is 0 Å². The van der Waals surface area contributed by atoms with Crippen molar-refractivity contribution in [3.8, 4) is 11.5 Å². The highest BCUT2D eigenvalue weighted by Crippen LogP contribution is 2.64. The van der Waals surface area contributed by atoms with Crippen LogP contribution in [0.2, 0.25) is 0 Å². The number of carbonyl (C=O) groups is 1. The van der Waals surface area contributed by atoms with Crippen LogP contribution in [-0.2, 0) is 63.9 Å². The first-order valence-electron chi connectivity index (χ1n) is 19.3. The van der Waals surface area contributed by atoms with E-state index < -0.39 is 84.9 Å².